The Morgan fingerprint density at radius 3 is 1.43 bits per heavy atom. The van der Waals surface area contributed by atoms with Crippen molar-refractivity contribution in [2.75, 3.05) is 11.5 Å². The third kappa shape index (κ3) is 5.49. The van der Waals surface area contributed by atoms with Crippen LogP contribution in [0.15, 0.2) is 48.5 Å². The van der Waals surface area contributed by atoms with Gasteiger partial charge >= 0.3 is 33.3 Å². The molecule has 0 radical (unpaired) electrons. The molecule has 2 aromatic heterocycles. The average Bonchev–Trinajstić information content (AvgIpc) is 3.08. The van der Waals surface area contributed by atoms with Crippen molar-refractivity contribution in [3.05, 3.63) is 48.5 Å². The Morgan fingerprint density at radius 2 is 1.09 bits per heavy atom. The van der Waals surface area contributed by atoms with E-state index in [1.165, 1.54) is 22.7 Å². The summed E-state index contributed by atoms with van der Waals surface area (Å²) >= 11 is 3.79. The standard InChI is InChI=1S/2C7H6N2S.2ClH.Cu/c2*8-7-9-5-3-1-2-4-6(5)10-7;;;/h2*1-4H,(H2,8,9);2*1H;/q;;;;+2/p-2. The monoisotopic (exact) mass is 433 g/mol. The Balaban J connectivity index is 0.000000143. The summed E-state index contributed by atoms with van der Waals surface area (Å²) in [6.07, 6.45) is 0. The van der Waals surface area contributed by atoms with Crippen molar-refractivity contribution < 1.29 is 13.1 Å². The minimum absolute atomic E-state index is 0.640. The first kappa shape index (κ1) is 18.3. The topological polar surface area (TPSA) is 77.8 Å². The number of anilines is 2. The Hall–Kier alpha value is -1.08. The van der Waals surface area contributed by atoms with Crippen molar-refractivity contribution in [2.45, 2.75) is 0 Å². The van der Waals surface area contributed by atoms with Crippen molar-refractivity contribution in [1.29, 1.82) is 0 Å². The van der Waals surface area contributed by atoms with Gasteiger partial charge in [0.05, 0.1) is 20.4 Å². The Labute approximate surface area is 156 Å². The third-order valence-electron chi connectivity index (χ3n) is 2.62. The predicted molar refractivity (Wildman–Crippen MR) is 99.8 cm³/mol. The zero-order valence-electron chi connectivity index (χ0n) is 11.5. The van der Waals surface area contributed by atoms with E-state index >= 15 is 0 Å². The van der Waals surface area contributed by atoms with Crippen molar-refractivity contribution in [3.63, 3.8) is 0 Å². The first-order valence-corrected chi connectivity index (χ1v) is 10.4. The summed E-state index contributed by atoms with van der Waals surface area (Å²) in [5.74, 6) is 0. The number of thiazole rings is 2. The van der Waals surface area contributed by atoms with Crippen LogP contribution in [-0.4, -0.2) is 9.97 Å². The maximum absolute atomic E-state index is 5.50. The van der Waals surface area contributed by atoms with Crippen LogP contribution in [0.1, 0.15) is 0 Å². The number of rotatable bonds is 0. The number of nitrogens with zero attached hydrogens (tertiary/aromatic N) is 2. The molecule has 0 amide bonds. The van der Waals surface area contributed by atoms with E-state index in [-0.39, 0.29) is 0 Å². The van der Waals surface area contributed by atoms with Gasteiger partial charge in [0.2, 0.25) is 0 Å². The molecule has 0 saturated heterocycles. The van der Waals surface area contributed by atoms with Gasteiger partial charge in [0.1, 0.15) is 0 Å². The molecule has 4 aromatic rings. The van der Waals surface area contributed by atoms with Crippen LogP contribution < -0.4 is 11.5 Å². The summed E-state index contributed by atoms with van der Waals surface area (Å²) < 4.78 is 2.31. The molecule has 4 rings (SSSR count). The number of para-hydroxylation sites is 2. The van der Waals surface area contributed by atoms with Gasteiger partial charge in [-0.05, 0) is 24.3 Å². The van der Waals surface area contributed by atoms with Crippen LogP contribution >= 0.6 is 42.9 Å². The Kier molecular flexibility index (Phi) is 7.36. The molecule has 0 saturated carbocycles. The first-order chi connectivity index (χ1) is 11.1. The molecule has 2 heterocycles. The van der Waals surface area contributed by atoms with Crippen LogP contribution in [-0.2, 0) is 13.1 Å². The van der Waals surface area contributed by atoms with E-state index in [0.29, 0.717) is 10.3 Å². The summed E-state index contributed by atoms with van der Waals surface area (Å²) in [5.41, 5.74) is 13.0. The number of halogens is 2. The molecule has 4 N–H and O–H groups in total. The summed E-state index contributed by atoms with van der Waals surface area (Å²) in [4.78, 5) is 8.22. The van der Waals surface area contributed by atoms with Gasteiger partial charge in [-0.2, -0.15) is 0 Å². The molecule has 9 heteroatoms. The van der Waals surface area contributed by atoms with Gasteiger partial charge in [-0.25, -0.2) is 9.97 Å². The van der Waals surface area contributed by atoms with E-state index in [2.05, 4.69) is 30.2 Å². The zero-order valence-corrected chi connectivity index (χ0v) is 15.6. The van der Waals surface area contributed by atoms with Crippen molar-refractivity contribution >= 4 is 73.6 Å². The summed E-state index contributed by atoms with van der Waals surface area (Å²) in [6.45, 7) is 0. The molecule has 0 bridgehead atoms. The van der Waals surface area contributed by atoms with Crippen molar-refractivity contribution in [1.82, 2.24) is 9.97 Å². The number of benzene rings is 2. The molecule has 0 aliphatic carbocycles. The molecule has 0 spiro atoms. The Morgan fingerprint density at radius 1 is 0.739 bits per heavy atom. The van der Waals surface area contributed by atoms with E-state index < -0.39 is 0 Å². The fourth-order valence-corrected chi connectivity index (χ4v) is 3.25. The van der Waals surface area contributed by atoms with Crippen LogP contribution in [0.5, 0.6) is 0 Å². The van der Waals surface area contributed by atoms with Crippen LogP contribution in [0.4, 0.5) is 10.3 Å². The summed E-state index contributed by atoms with van der Waals surface area (Å²) in [6, 6.07) is 15.8. The Bertz CT molecular complexity index is 743. The number of hydrogen-bond donors (Lipinski definition) is 2. The van der Waals surface area contributed by atoms with Crippen molar-refractivity contribution in [3.8, 4) is 0 Å². The summed E-state index contributed by atoms with van der Waals surface area (Å²) in [7, 11) is 9.34. The quantitative estimate of drug-likeness (QED) is 0.376. The molecule has 4 nitrogen and oxygen atoms in total. The fourth-order valence-electron chi connectivity index (χ4n) is 1.78. The van der Waals surface area contributed by atoms with Crippen LogP contribution in [0.3, 0.4) is 0 Å². The second-order valence-corrected chi connectivity index (χ2v) is 7.76. The SMILES string of the molecule is Nc1nc2ccccc2s1.Nc1nc2ccccc2s1.[Cl][Cu][Cl]. The maximum atomic E-state index is 5.50. The zero-order chi connectivity index (χ0) is 16.7. The number of aromatic nitrogens is 2. The average molecular weight is 435 g/mol. The van der Waals surface area contributed by atoms with Crippen molar-refractivity contribution in [2.24, 2.45) is 0 Å². The van der Waals surface area contributed by atoms with Gasteiger partial charge in [0.15, 0.2) is 10.3 Å². The fraction of sp³-hybridized carbons (Fsp3) is 0. The second kappa shape index (κ2) is 9.27. The number of hydrogen-bond acceptors (Lipinski definition) is 6. The van der Waals surface area contributed by atoms with Gasteiger partial charge in [-0.3, -0.25) is 0 Å². The molecule has 0 unspecified atom stereocenters. The minimum atomic E-state index is 0.640. The summed E-state index contributed by atoms with van der Waals surface area (Å²) in [5, 5.41) is 1.28. The third-order valence-corrected chi connectivity index (χ3v) is 4.35. The first-order valence-electron chi connectivity index (χ1n) is 6.17. The molecule has 2 aromatic carbocycles. The van der Waals surface area contributed by atoms with Crippen LogP contribution in [0, 0.1) is 0 Å². The van der Waals surface area contributed by atoms with E-state index in [1.807, 2.05) is 48.5 Å². The molecular formula is C14H12Cl2CuN4S2. The van der Waals surface area contributed by atoms with E-state index in [4.69, 9.17) is 11.5 Å². The van der Waals surface area contributed by atoms with E-state index in [0.717, 1.165) is 33.6 Å². The molecule has 0 aliphatic heterocycles. The second-order valence-electron chi connectivity index (χ2n) is 4.08. The molecular weight excluding hydrogens is 423 g/mol. The molecule has 23 heavy (non-hydrogen) atoms. The van der Waals surface area contributed by atoms with Gasteiger partial charge in [-0.15, -0.1) is 0 Å². The molecule has 0 atom stereocenters. The molecule has 125 valence electrons. The number of fused-ring (bicyclic) bond motifs is 2. The molecule has 0 aliphatic rings. The van der Waals surface area contributed by atoms with E-state index in [9.17, 15) is 0 Å². The van der Waals surface area contributed by atoms with Gasteiger partial charge in [0, 0.05) is 0 Å². The van der Waals surface area contributed by atoms with Gasteiger partial charge in [-0.1, -0.05) is 46.9 Å². The number of nitrogens with two attached hydrogens (primary N) is 2. The van der Waals surface area contributed by atoms with E-state index in [1.54, 1.807) is 0 Å². The van der Waals surface area contributed by atoms with Crippen LogP contribution in [0.2, 0.25) is 0 Å². The number of nitrogen functional groups attached to an aromatic ring is 2. The predicted octanol–water partition coefficient (Wildman–Crippen LogP) is 5.13. The normalized spacial score (nSPS) is 10.0. The van der Waals surface area contributed by atoms with Gasteiger partial charge in [0.25, 0.3) is 0 Å². The molecule has 0 fully saturated rings. The van der Waals surface area contributed by atoms with Gasteiger partial charge < -0.3 is 11.5 Å². The van der Waals surface area contributed by atoms with Crippen LogP contribution in [0.25, 0.3) is 20.4 Å².